The van der Waals surface area contributed by atoms with E-state index >= 15 is 0 Å². The van der Waals surface area contributed by atoms with Gasteiger partial charge in [0, 0.05) is 5.57 Å². The number of aromatic nitrogens is 2. The van der Waals surface area contributed by atoms with Gasteiger partial charge in [-0.3, -0.25) is 5.21 Å². The van der Waals surface area contributed by atoms with Crippen LogP contribution in [0.2, 0.25) is 0 Å². The lowest BCUT2D eigenvalue weighted by molar-refractivity contribution is -0.693. The molecule has 1 aromatic rings. The fourth-order valence-electron chi connectivity index (χ4n) is 2.18. The summed E-state index contributed by atoms with van der Waals surface area (Å²) in [4.78, 5) is 8.52. The van der Waals surface area contributed by atoms with E-state index < -0.39 is 0 Å². The Kier molecular flexibility index (Phi) is 2.00. The van der Waals surface area contributed by atoms with Crippen molar-refractivity contribution in [1.82, 2.24) is 4.98 Å². The van der Waals surface area contributed by atoms with Crippen molar-refractivity contribution in [1.29, 1.82) is 0 Å². The van der Waals surface area contributed by atoms with Gasteiger partial charge in [-0.25, -0.2) is 15.0 Å². The van der Waals surface area contributed by atoms with Crippen molar-refractivity contribution >= 4 is 17.6 Å². The molecule has 0 saturated heterocycles. The largest absolute Gasteiger partial charge is 0.286 e. The zero-order chi connectivity index (χ0) is 11.1. The second kappa shape index (κ2) is 3.38. The Hall–Kier alpha value is -1.75. The topological polar surface area (TPSA) is 52.6 Å². The third-order valence-corrected chi connectivity index (χ3v) is 3.00. The van der Waals surface area contributed by atoms with Crippen LogP contribution >= 0.6 is 0 Å². The first kappa shape index (κ1) is 9.47. The molecule has 0 bridgehead atoms. The number of hydrogen-bond acceptors (Lipinski definition) is 4. The summed E-state index contributed by atoms with van der Waals surface area (Å²) in [5.41, 5.74) is 3.21. The first-order chi connectivity index (χ1) is 7.81. The maximum atomic E-state index is 9.78. The van der Waals surface area contributed by atoms with E-state index in [0.717, 1.165) is 17.8 Å². The zero-order valence-corrected chi connectivity index (χ0v) is 9.09. The molecule has 5 nitrogen and oxygen atoms in total. The van der Waals surface area contributed by atoms with Gasteiger partial charge >= 0.3 is 0 Å². The molecule has 0 aromatic carbocycles. The molecule has 0 fully saturated rings. The van der Waals surface area contributed by atoms with E-state index in [0.29, 0.717) is 19.0 Å². The van der Waals surface area contributed by atoms with Crippen LogP contribution in [0.5, 0.6) is 0 Å². The molecule has 3 rings (SSSR count). The molecule has 0 amide bonds. The lowest BCUT2D eigenvalue weighted by Crippen LogP contribution is -2.42. The van der Waals surface area contributed by atoms with Crippen LogP contribution in [0.3, 0.4) is 0 Å². The second-order valence-corrected chi connectivity index (χ2v) is 3.90. The minimum atomic E-state index is 0.503. The lowest BCUT2D eigenvalue weighted by atomic mass is 10.1. The van der Waals surface area contributed by atoms with Crippen molar-refractivity contribution in [2.75, 3.05) is 11.6 Å². The molecule has 82 valence electrons. The molecular weight excluding hydrogens is 204 g/mol. The summed E-state index contributed by atoms with van der Waals surface area (Å²) in [6.07, 6.45) is 6.54. The molecule has 3 heterocycles. The van der Waals surface area contributed by atoms with Gasteiger partial charge in [-0.1, -0.05) is 13.0 Å². The summed E-state index contributed by atoms with van der Waals surface area (Å²) >= 11 is 0. The van der Waals surface area contributed by atoms with E-state index in [-0.39, 0.29) is 0 Å². The summed E-state index contributed by atoms with van der Waals surface area (Å²) in [6, 6.07) is 0. The van der Waals surface area contributed by atoms with Gasteiger partial charge in [0.1, 0.15) is 12.4 Å². The number of anilines is 1. The van der Waals surface area contributed by atoms with Crippen LogP contribution in [0.4, 0.5) is 5.82 Å². The van der Waals surface area contributed by atoms with E-state index in [9.17, 15) is 5.21 Å². The van der Waals surface area contributed by atoms with Crippen molar-refractivity contribution in [3.05, 3.63) is 23.7 Å². The number of aliphatic imine (C=N–C) groups is 1. The predicted molar refractivity (Wildman–Crippen MR) is 59.4 cm³/mol. The molecule has 16 heavy (non-hydrogen) atoms. The Balaban J connectivity index is 2.24. The maximum absolute atomic E-state index is 9.78. The van der Waals surface area contributed by atoms with Crippen LogP contribution < -0.4 is 9.63 Å². The van der Waals surface area contributed by atoms with E-state index in [2.05, 4.69) is 21.5 Å². The number of hydroxylamine groups is 1. The van der Waals surface area contributed by atoms with Crippen molar-refractivity contribution in [2.24, 2.45) is 4.99 Å². The van der Waals surface area contributed by atoms with Crippen LogP contribution in [-0.2, 0) is 6.67 Å². The van der Waals surface area contributed by atoms with E-state index in [1.807, 2.05) is 12.3 Å². The Labute approximate surface area is 93.3 Å². The molecule has 2 aliphatic rings. The quantitative estimate of drug-likeness (QED) is 0.707. The van der Waals surface area contributed by atoms with E-state index in [4.69, 9.17) is 0 Å². The molecule has 2 aliphatic heterocycles. The van der Waals surface area contributed by atoms with Gasteiger partial charge in [-0.15, -0.1) is 0 Å². The first-order valence-electron chi connectivity index (χ1n) is 5.39. The minimum absolute atomic E-state index is 0.503. The van der Waals surface area contributed by atoms with Crippen LogP contribution in [0.25, 0.3) is 5.57 Å². The average Bonchev–Trinajstić information content (AvgIpc) is 2.77. The number of hydrogen-bond donors (Lipinski definition) is 1. The molecule has 0 atom stereocenters. The highest BCUT2D eigenvalue weighted by atomic mass is 16.5. The van der Waals surface area contributed by atoms with E-state index in [1.165, 1.54) is 10.6 Å². The standard InChI is InChI=1S/C11H13N4O/c1-2-8-3-4-15(16)11-10(8)14-7-12-5-9(14)6-13-11/h3,5-6,16H,2,4,7H2,1H3/q+1. The molecule has 0 aliphatic carbocycles. The molecule has 5 heteroatoms. The monoisotopic (exact) mass is 217 g/mol. The second-order valence-electron chi connectivity index (χ2n) is 3.90. The Morgan fingerprint density at radius 1 is 1.56 bits per heavy atom. The fraction of sp³-hybridized carbons (Fsp3) is 0.364. The Morgan fingerprint density at radius 2 is 2.44 bits per heavy atom. The fourth-order valence-corrected chi connectivity index (χ4v) is 2.18. The van der Waals surface area contributed by atoms with Crippen molar-refractivity contribution in [3.63, 3.8) is 0 Å². The minimum Gasteiger partial charge on any atom is -0.286 e. The third kappa shape index (κ3) is 1.18. The highest BCUT2D eigenvalue weighted by Gasteiger charge is 2.31. The summed E-state index contributed by atoms with van der Waals surface area (Å²) < 4.78 is 2.08. The Bertz CT molecular complexity index is 507. The molecule has 0 radical (unpaired) electrons. The maximum Gasteiger partial charge on any atom is 0.255 e. The molecule has 0 unspecified atom stereocenters. The van der Waals surface area contributed by atoms with Crippen LogP contribution in [0.15, 0.2) is 17.3 Å². The van der Waals surface area contributed by atoms with Gasteiger partial charge in [0.15, 0.2) is 0 Å². The van der Waals surface area contributed by atoms with Crippen LogP contribution in [-0.4, -0.2) is 23.0 Å². The number of rotatable bonds is 1. The first-order valence-corrected chi connectivity index (χ1v) is 5.39. The van der Waals surface area contributed by atoms with Crippen LogP contribution in [0, 0.1) is 0 Å². The molecule has 1 N–H and O–H groups in total. The highest BCUT2D eigenvalue weighted by molar-refractivity contribution is 5.78. The number of fused-ring (bicyclic) bond motifs is 3. The third-order valence-electron chi connectivity index (χ3n) is 3.00. The smallest absolute Gasteiger partial charge is 0.255 e. The Morgan fingerprint density at radius 3 is 3.25 bits per heavy atom. The van der Waals surface area contributed by atoms with E-state index in [1.54, 1.807) is 6.20 Å². The molecule has 0 saturated carbocycles. The van der Waals surface area contributed by atoms with Crippen molar-refractivity contribution in [3.8, 4) is 0 Å². The van der Waals surface area contributed by atoms with Gasteiger partial charge < -0.3 is 0 Å². The number of nitrogens with zero attached hydrogens (tertiary/aromatic N) is 4. The van der Waals surface area contributed by atoms with Gasteiger partial charge in [0.05, 0.1) is 6.54 Å². The lowest BCUT2D eigenvalue weighted by Gasteiger charge is -2.21. The molecule has 0 spiro atoms. The van der Waals surface area contributed by atoms with Gasteiger partial charge in [0.2, 0.25) is 18.2 Å². The van der Waals surface area contributed by atoms with Crippen molar-refractivity contribution in [2.45, 2.75) is 20.0 Å². The predicted octanol–water partition coefficient (Wildman–Crippen LogP) is 0.762. The highest BCUT2D eigenvalue weighted by Crippen LogP contribution is 2.28. The summed E-state index contributed by atoms with van der Waals surface area (Å²) in [7, 11) is 0. The molecule has 1 aromatic heterocycles. The summed E-state index contributed by atoms with van der Waals surface area (Å²) in [5.74, 6) is 0.633. The zero-order valence-electron chi connectivity index (χ0n) is 9.09. The van der Waals surface area contributed by atoms with Crippen molar-refractivity contribution < 1.29 is 9.77 Å². The normalized spacial score (nSPS) is 17.1. The SMILES string of the molecule is CCC1=CCN(O)c2ncc3[n+](c21)CN=C3. The van der Waals surface area contributed by atoms with Gasteiger partial charge in [-0.05, 0) is 6.42 Å². The van der Waals surface area contributed by atoms with Crippen LogP contribution in [0.1, 0.15) is 24.7 Å². The van der Waals surface area contributed by atoms with Gasteiger partial charge in [0.25, 0.3) is 5.69 Å². The molecular formula is C11H13N4O+. The summed E-state index contributed by atoms with van der Waals surface area (Å²) in [5, 5.41) is 11.0. The summed E-state index contributed by atoms with van der Waals surface area (Å²) in [6.45, 7) is 3.23. The van der Waals surface area contributed by atoms with Gasteiger partial charge in [-0.2, -0.15) is 4.57 Å². The number of allylic oxidation sites excluding steroid dienone is 1. The average molecular weight is 217 g/mol.